The second kappa shape index (κ2) is 8.27. The third-order valence-electron chi connectivity index (χ3n) is 3.93. The fourth-order valence-corrected chi connectivity index (χ4v) is 3.39. The molecule has 2 aromatic carbocycles. The maximum Gasteiger partial charge on any atom is 0.234 e. The molecule has 0 saturated carbocycles. The van der Waals surface area contributed by atoms with Gasteiger partial charge in [-0.25, -0.2) is 8.78 Å². The second-order valence-electron chi connectivity index (χ2n) is 5.92. The van der Waals surface area contributed by atoms with Crippen molar-refractivity contribution in [2.75, 3.05) is 11.1 Å². The molecule has 0 aliphatic heterocycles. The Bertz CT molecular complexity index is 1130. The van der Waals surface area contributed by atoms with Crippen molar-refractivity contribution in [2.24, 2.45) is 0 Å². The number of halogens is 2. The number of benzene rings is 2. The molecule has 0 bridgehead atoms. The number of nitrogens with zero attached hydrogens (tertiary/aromatic N) is 3. The number of thioether (sulfide) groups is 1. The number of hydrogen-bond donors (Lipinski definition) is 1. The number of rotatable bonds is 6. The molecule has 0 aliphatic rings. The molecule has 0 unspecified atom stereocenters. The Labute approximate surface area is 168 Å². The number of aromatic nitrogens is 3. The van der Waals surface area contributed by atoms with Gasteiger partial charge >= 0.3 is 0 Å². The predicted molar refractivity (Wildman–Crippen MR) is 105 cm³/mol. The summed E-state index contributed by atoms with van der Waals surface area (Å²) in [5, 5.41) is 11.4. The van der Waals surface area contributed by atoms with Crippen LogP contribution >= 0.6 is 11.8 Å². The summed E-state index contributed by atoms with van der Waals surface area (Å²) in [7, 11) is 0. The van der Waals surface area contributed by atoms with Gasteiger partial charge in [0.2, 0.25) is 11.7 Å². The summed E-state index contributed by atoms with van der Waals surface area (Å²) in [5.74, 6) is -1.34. The van der Waals surface area contributed by atoms with E-state index in [-0.39, 0.29) is 17.3 Å². The SMILES string of the molecule is O=C(CSc1nnc(-c2ccco2)n1-c1ccccc1)Nc1ccc(F)c(F)c1. The lowest BCUT2D eigenvalue weighted by atomic mass is 10.3. The van der Waals surface area contributed by atoms with Gasteiger partial charge in [-0.15, -0.1) is 10.2 Å². The third-order valence-corrected chi connectivity index (χ3v) is 4.85. The van der Waals surface area contributed by atoms with Crippen LogP contribution in [0.5, 0.6) is 0 Å². The Kier molecular flexibility index (Phi) is 5.39. The standard InChI is InChI=1S/C20H14F2N4O2S/c21-15-9-8-13(11-16(15)22)23-18(27)12-29-20-25-24-19(17-7-4-10-28-17)26(20)14-5-2-1-3-6-14/h1-11H,12H2,(H,23,27). The molecule has 0 fully saturated rings. The molecule has 0 aliphatic carbocycles. The zero-order chi connectivity index (χ0) is 20.2. The average molecular weight is 412 g/mol. The predicted octanol–water partition coefficient (Wildman–Crippen LogP) is 4.54. The topological polar surface area (TPSA) is 73.0 Å². The highest BCUT2D eigenvalue weighted by atomic mass is 32.2. The summed E-state index contributed by atoms with van der Waals surface area (Å²) in [6, 6.07) is 16.1. The van der Waals surface area contributed by atoms with Gasteiger partial charge in [-0.3, -0.25) is 9.36 Å². The minimum atomic E-state index is -1.03. The van der Waals surface area contributed by atoms with Crippen LogP contribution in [0.3, 0.4) is 0 Å². The molecule has 4 rings (SSSR count). The Morgan fingerprint density at radius 3 is 2.59 bits per heavy atom. The summed E-state index contributed by atoms with van der Waals surface area (Å²) >= 11 is 1.16. The first-order chi connectivity index (χ1) is 14.1. The van der Waals surface area contributed by atoms with Crippen molar-refractivity contribution in [3.05, 3.63) is 78.6 Å². The van der Waals surface area contributed by atoms with E-state index >= 15 is 0 Å². The van der Waals surface area contributed by atoms with E-state index in [1.165, 1.54) is 6.07 Å². The van der Waals surface area contributed by atoms with Crippen LogP contribution in [-0.4, -0.2) is 26.4 Å². The molecule has 6 nitrogen and oxygen atoms in total. The number of carbonyl (C=O) groups is 1. The summed E-state index contributed by atoms with van der Waals surface area (Å²) in [6.45, 7) is 0. The number of para-hydroxylation sites is 1. The molecule has 2 aromatic heterocycles. The van der Waals surface area contributed by atoms with E-state index in [0.29, 0.717) is 16.7 Å². The van der Waals surface area contributed by atoms with Crippen LogP contribution in [-0.2, 0) is 4.79 Å². The highest BCUT2D eigenvalue weighted by Gasteiger charge is 2.19. The Morgan fingerprint density at radius 2 is 1.86 bits per heavy atom. The van der Waals surface area contributed by atoms with E-state index in [1.54, 1.807) is 23.0 Å². The van der Waals surface area contributed by atoms with E-state index in [2.05, 4.69) is 15.5 Å². The molecule has 2 heterocycles. The number of furan rings is 1. The second-order valence-corrected chi connectivity index (χ2v) is 6.86. The lowest BCUT2D eigenvalue weighted by molar-refractivity contribution is -0.113. The molecule has 4 aromatic rings. The van der Waals surface area contributed by atoms with Gasteiger partial charge < -0.3 is 9.73 Å². The molecule has 0 radical (unpaired) electrons. The first-order valence-electron chi connectivity index (χ1n) is 8.54. The minimum absolute atomic E-state index is 0.00210. The lowest BCUT2D eigenvalue weighted by Crippen LogP contribution is -2.14. The van der Waals surface area contributed by atoms with Crippen molar-refractivity contribution in [1.29, 1.82) is 0 Å². The van der Waals surface area contributed by atoms with E-state index in [0.717, 1.165) is 29.6 Å². The monoisotopic (exact) mass is 412 g/mol. The van der Waals surface area contributed by atoms with Crippen molar-refractivity contribution in [1.82, 2.24) is 14.8 Å². The lowest BCUT2D eigenvalue weighted by Gasteiger charge is -2.09. The fraction of sp³-hybridized carbons (Fsp3) is 0.0500. The van der Waals surface area contributed by atoms with Gasteiger partial charge in [0.05, 0.1) is 12.0 Å². The van der Waals surface area contributed by atoms with Gasteiger partial charge in [0.25, 0.3) is 0 Å². The van der Waals surface area contributed by atoms with Gasteiger partial charge in [-0.2, -0.15) is 0 Å². The smallest absolute Gasteiger partial charge is 0.234 e. The Balaban J connectivity index is 1.54. The van der Waals surface area contributed by atoms with Crippen molar-refractivity contribution in [3.63, 3.8) is 0 Å². The van der Waals surface area contributed by atoms with Crippen molar-refractivity contribution >= 4 is 23.4 Å². The number of anilines is 1. The average Bonchev–Trinajstić information content (AvgIpc) is 3.39. The molecule has 9 heteroatoms. The molecule has 0 saturated heterocycles. The molecule has 0 spiro atoms. The van der Waals surface area contributed by atoms with Gasteiger partial charge in [-0.1, -0.05) is 30.0 Å². The van der Waals surface area contributed by atoms with E-state index in [9.17, 15) is 13.6 Å². The zero-order valence-corrected chi connectivity index (χ0v) is 15.7. The maximum absolute atomic E-state index is 13.3. The molecular formula is C20H14F2N4O2S. The van der Waals surface area contributed by atoms with Gasteiger partial charge in [0, 0.05) is 17.4 Å². The van der Waals surface area contributed by atoms with Crippen LogP contribution in [0.15, 0.2) is 76.5 Å². The largest absolute Gasteiger partial charge is 0.461 e. The molecule has 146 valence electrons. The summed E-state index contributed by atoms with van der Waals surface area (Å²) in [5.41, 5.74) is 0.989. The van der Waals surface area contributed by atoms with Crippen molar-refractivity contribution < 1.29 is 18.0 Å². The number of hydrogen-bond acceptors (Lipinski definition) is 5. The normalized spacial score (nSPS) is 10.8. The highest BCUT2D eigenvalue weighted by molar-refractivity contribution is 7.99. The van der Waals surface area contributed by atoms with Crippen LogP contribution in [0.4, 0.5) is 14.5 Å². The van der Waals surface area contributed by atoms with Gasteiger partial charge in [0.1, 0.15) is 0 Å². The maximum atomic E-state index is 13.3. The van der Waals surface area contributed by atoms with Crippen molar-refractivity contribution in [3.8, 4) is 17.3 Å². The van der Waals surface area contributed by atoms with E-state index in [4.69, 9.17) is 4.42 Å². The molecule has 0 atom stereocenters. The fourth-order valence-electron chi connectivity index (χ4n) is 2.64. The minimum Gasteiger partial charge on any atom is -0.461 e. The summed E-state index contributed by atoms with van der Waals surface area (Å²) < 4.78 is 33.5. The molecule has 1 N–H and O–H groups in total. The van der Waals surface area contributed by atoms with Crippen LogP contribution in [0.1, 0.15) is 0 Å². The molecule has 1 amide bonds. The first-order valence-corrected chi connectivity index (χ1v) is 9.53. The highest BCUT2D eigenvalue weighted by Crippen LogP contribution is 2.28. The summed E-state index contributed by atoms with van der Waals surface area (Å²) in [4.78, 5) is 12.2. The Hall–Kier alpha value is -3.46. The van der Waals surface area contributed by atoms with Crippen LogP contribution in [0, 0.1) is 11.6 Å². The first kappa shape index (κ1) is 18.9. The van der Waals surface area contributed by atoms with Crippen LogP contribution < -0.4 is 5.32 Å². The third kappa shape index (κ3) is 4.19. The summed E-state index contributed by atoms with van der Waals surface area (Å²) in [6.07, 6.45) is 1.54. The van der Waals surface area contributed by atoms with Gasteiger partial charge in [-0.05, 0) is 36.4 Å². The number of amides is 1. The number of carbonyl (C=O) groups excluding carboxylic acids is 1. The molecular weight excluding hydrogens is 398 g/mol. The zero-order valence-electron chi connectivity index (χ0n) is 14.9. The molecule has 29 heavy (non-hydrogen) atoms. The van der Waals surface area contributed by atoms with E-state index in [1.807, 2.05) is 30.3 Å². The van der Waals surface area contributed by atoms with E-state index < -0.39 is 11.6 Å². The van der Waals surface area contributed by atoms with Crippen LogP contribution in [0.25, 0.3) is 17.3 Å². The quantitative estimate of drug-likeness (QED) is 0.471. The Morgan fingerprint density at radius 1 is 1.03 bits per heavy atom. The van der Waals surface area contributed by atoms with Crippen molar-refractivity contribution in [2.45, 2.75) is 5.16 Å². The van der Waals surface area contributed by atoms with Crippen LogP contribution in [0.2, 0.25) is 0 Å². The van der Waals surface area contributed by atoms with Gasteiger partial charge in [0.15, 0.2) is 22.6 Å². The number of nitrogens with one attached hydrogen (secondary N) is 1.